The van der Waals surface area contributed by atoms with Gasteiger partial charge in [0.2, 0.25) is 0 Å². The minimum absolute atomic E-state index is 0.180. The number of methoxy groups -OCH3 is 1. The third-order valence-electron chi connectivity index (χ3n) is 3.13. The van der Waals surface area contributed by atoms with E-state index in [9.17, 15) is 19.8 Å². The summed E-state index contributed by atoms with van der Waals surface area (Å²) in [6.07, 6.45) is 1.93. The lowest BCUT2D eigenvalue weighted by Gasteiger charge is -2.25. The van der Waals surface area contributed by atoms with Crippen LogP contribution in [-0.2, 0) is 14.3 Å². The first kappa shape index (κ1) is 22.3. The van der Waals surface area contributed by atoms with Gasteiger partial charge in [0, 0.05) is 6.42 Å². The van der Waals surface area contributed by atoms with Gasteiger partial charge in [-0.1, -0.05) is 27.2 Å². The number of ether oxygens (including phenoxy) is 1. The van der Waals surface area contributed by atoms with E-state index >= 15 is 0 Å². The highest BCUT2D eigenvalue weighted by Crippen LogP contribution is 2.24. The highest BCUT2D eigenvalue weighted by molar-refractivity contribution is 5.90. The van der Waals surface area contributed by atoms with Crippen LogP contribution < -0.4 is 0 Å². The number of Topliss-reactive ketones (excluding diaryl/α,β-unsaturated/α-hetero) is 1. The molecule has 0 aromatic rings. The fourth-order valence-corrected chi connectivity index (χ4v) is 1.94. The predicted molar refractivity (Wildman–Crippen MR) is 83.0 cm³/mol. The summed E-state index contributed by atoms with van der Waals surface area (Å²) in [5.74, 6) is -0.937. The average Bonchev–Trinajstić information content (AvgIpc) is 2.43. The predicted octanol–water partition coefficient (Wildman–Crippen LogP) is 2.62. The molecule has 0 amide bonds. The second-order valence-corrected chi connectivity index (χ2v) is 5.58. The first-order chi connectivity index (χ1) is 9.64. The minimum atomic E-state index is -1.64. The number of unbranched alkanes of at least 4 members (excludes halogenated alkanes) is 1. The van der Waals surface area contributed by atoms with Crippen LogP contribution in [-0.4, -0.2) is 40.3 Å². The quantitative estimate of drug-likeness (QED) is 0.505. The Bertz CT molecular complexity index is 306. The van der Waals surface area contributed by atoms with E-state index in [1.807, 2.05) is 13.8 Å². The Morgan fingerprint density at radius 2 is 1.52 bits per heavy atom. The zero-order valence-electron chi connectivity index (χ0n) is 14.4. The van der Waals surface area contributed by atoms with Gasteiger partial charge in [-0.25, -0.2) is 0 Å². The molecule has 1 atom stereocenters. The molecule has 0 aliphatic heterocycles. The largest absolute Gasteiger partial charge is 0.469 e. The van der Waals surface area contributed by atoms with Gasteiger partial charge < -0.3 is 14.9 Å². The Hall–Kier alpha value is -0.940. The van der Waals surface area contributed by atoms with Crippen LogP contribution in [0.5, 0.6) is 0 Å². The van der Waals surface area contributed by atoms with E-state index in [2.05, 4.69) is 4.74 Å². The fraction of sp³-hybridized carbons (Fsp3) is 0.875. The summed E-state index contributed by atoms with van der Waals surface area (Å²) in [6.45, 7) is 9.08. The van der Waals surface area contributed by atoms with E-state index in [1.54, 1.807) is 20.8 Å². The van der Waals surface area contributed by atoms with Crippen molar-refractivity contribution in [2.45, 2.75) is 84.3 Å². The fourth-order valence-electron chi connectivity index (χ4n) is 1.94. The molecular formula is C16H32O5. The highest BCUT2D eigenvalue weighted by atomic mass is 16.5. The van der Waals surface area contributed by atoms with Gasteiger partial charge in [0.1, 0.15) is 5.60 Å². The van der Waals surface area contributed by atoms with Crippen molar-refractivity contribution in [1.29, 1.82) is 0 Å². The summed E-state index contributed by atoms with van der Waals surface area (Å²) in [7, 11) is 1.23. The van der Waals surface area contributed by atoms with Crippen molar-refractivity contribution in [2.24, 2.45) is 0 Å². The molecule has 0 aromatic carbocycles. The molecule has 5 nitrogen and oxygen atoms in total. The monoisotopic (exact) mass is 304 g/mol. The number of esters is 1. The molecule has 0 heterocycles. The second kappa shape index (κ2) is 10.7. The lowest BCUT2D eigenvalue weighted by molar-refractivity contribution is -0.154. The standard InChI is InChI=1S/C14H26O5.C2H6/c1-5-11(15)14(18,10-12(16)19-4)9-7-6-8-13(2,3)17;1-2/h17-18H,5-10H2,1-4H3;1-2H3. The molecule has 1 unspecified atom stereocenters. The van der Waals surface area contributed by atoms with Gasteiger partial charge in [-0.3, -0.25) is 9.59 Å². The van der Waals surface area contributed by atoms with Crippen LogP contribution in [0, 0.1) is 0 Å². The maximum Gasteiger partial charge on any atom is 0.308 e. The Labute approximate surface area is 128 Å². The van der Waals surface area contributed by atoms with E-state index in [0.717, 1.165) is 0 Å². The van der Waals surface area contributed by atoms with Gasteiger partial charge in [0.15, 0.2) is 5.78 Å². The number of ketones is 1. The van der Waals surface area contributed by atoms with Crippen molar-refractivity contribution in [1.82, 2.24) is 0 Å². The Kier molecular flexibility index (Phi) is 11.4. The number of aliphatic hydroxyl groups is 2. The Morgan fingerprint density at radius 3 is 1.90 bits per heavy atom. The highest BCUT2D eigenvalue weighted by Gasteiger charge is 2.36. The van der Waals surface area contributed by atoms with E-state index in [4.69, 9.17) is 0 Å². The molecule has 0 bridgehead atoms. The van der Waals surface area contributed by atoms with Gasteiger partial charge in [0.05, 0.1) is 19.1 Å². The van der Waals surface area contributed by atoms with Crippen molar-refractivity contribution in [3.8, 4) is 0 Å². The molecule has 0 spiro atoms. The van der Waals surface area contributed by atoms with Gasteiger partial charge >= 0.3 is 5.97 Å². The van der Waals surface area contributed by atoms with Crippen molar-refractivity contribution < 1.29 is 24.5 Å². The molecule has 0 saturated heterocycles. The maximum absolute atomic E-state index is 11.8. The lowest BCUT2D eigenvalue weighted by atomic mass is 9.86. The first-order valence-electron chi connectivity index (χ1n) is 7.69. The molecule has 2 N–H and O–H groups in total. The first-order valence-corrected chi connectivity index (χ1v) is 7.69. The summed E-state index contributed by atoms with van der Waals surface area (Å²) in [5, 5.41) is 19.9. The van der Waals surface area contributed by atoms with Crippen molar-refractivity contribution >= 4 is 11.8 Å². The summed E-state index contributed by atoms with van der Waals surface area (Å²) >= 11 is 0. The maximum atomic E-state index is 11.8. The topological polar surface area (TPSA) is 83.8 Å². The summed E-state index contributed by atoms with van der Waals surface area (Å²) in [4.78, 5) is 23.0. The van der Waals surface area contributed by atoms with Gasteiger partial charge in [-0.2, -0.15) is 0 Å². The van der Waals surface area contributed by atoms with Gasteiger partial charge in [0.25, 0.3) is 0 Å². The normalized spacial score (nSPS) is 13.7. The molecule has 0 rings (SSSR count). The lowest BCUT2D eigenvalue weighted by Crippen LogP contribution is -2.40. The Balaban J connectivity index is 0. The van der Waals surface area contributed by atoms with Crippen LogP contribution in [0.1, 0.15) is 73.1 Å². The number of carbonyl (C=O) groups excluding carboxylic acids is 2. The van der Waals surface area contributed by atoms with Crippen LogP contribution in [0.3, 0.4) is 0 Å². The molecule has 126 valence electrons. The second-order valence-electron chi connectivity index (χ2n) is 5.58. The zero-order chi connectivity index (χ0) is 17.1. The summed E-state index contributed by atoms with van der Waals surface area (Å²) < 4.78 is 4.51. The van der Waals surface area contributed by atoms with Crippen LogP contribution >= 0.6 is 0 Å². The molecule has 5 heteroatoms. The molecular weight excluding hydrogens is 272 g/mol. The third kappa shape index (κ3) is 10.4. The molecule has 21 heavy (non-hydrogen) atoms. The minimum Gasteiger partial charge on any atom is -0.469 e. The van der Waals surface area contributed by atoms with Gasteiger partial charge in [-0.15, -0.1) is 0 Å². The smallest absolute Gasteiger partial charge is 0.308 e. The number of rotatable bonds is 9. The summed E-state index contributed by atoms with van der Waals surface area (Å²) in [5.41, 5.74) is -2.39. The zero-order valence-corrected chi connectivity index (χ0v) is 14.4. The SMILES string of the molecule is CC.CCC(=O)C(O)(CCCCC(C)(C)O)CC(=O)OC. The number of hydrogen-bond donors (Lipinski definition) is 2. The van der Waals surface area contributed by atoms with Crippen LogP contribution in [0.2, 0.25) is 0 Å². The molecule has 0 saturated carbocycles. The van der Waals surface area contributed by atoms with E-state index in [1.165, 1.54) is 7.11 Å². The van der Waals surface area contributed by atoms with E-state index in [0.29, 0.717) is 19.3 Å². The molecule has 0 aliphatic carbocycles. The number of hydrogen-bond acceptors (Lipinski definition) is 5. The van der Waals surface area contributed by atoms with Crippen LogP contribution in [0.4, 0.5) is 0 Å². The van der Waals surface area contributed by atoms with E-state index < -0.39 is 17.2 Å². The third-order valence-corrected chi connectivity index (χ3v) is 3.13. The van der Waals surface area contributed by atoms with E-state index in [-0.39, 0.29) is 25.0 Å². The van der Waals surface area contributed by atoms with Crippen molar-refractivity contribution in [3.05, 3.63) is 0 Å². The Morgan fingerprint density at radius 1 is 1.05 bits per heavy atom. The summed E-state index contributed by atoms with van der Waals surface area (Å²) in [6, 6.07) is 0. The van der Waals surface area contributed by atoms with Crippen molar-refractivity contribution in [2.75, 3.05) is 7.11 Å². The molecule has 0 radical (unpaired) electrons. The molecule has 0 aromatic heterocycles. The van der Waals surface area contributed by atoms with Crippen LogP contribution in [0.25, 0.3) is 0 Å². The molecule has 0 aliphatic rings. The average molecular weight is 304 g/mol. The van der Waals surface area contributed by atoms with Crippen molar-refractivity contribution in [3.63, 3.8) is 0 Å². The molecule has 0 fully saturated rings. The van der Waals surface area contributed by atoms with Gasteiger partial charge in [-0.05, 0) is 33.1 Å². The number of carbonyl (C=O) groups is 2. The van der Waals surface area contributed by atoms with Crippen LogP contribution in [0.15, 0.2) is 0 Å².